The van der Waals surface area contributed by atoms with Gasteiger partial charge in [0.2, 0.25) is 5.78 Å². The molecule has 0 saturated carbocycles. The Morgan fingerprint density at radius 2 is 1.81 bits per heavy atom. The van der Waals surface area contributed by atoms with E-state index in [1.54, 1.807) is 7.05 Å². The molecule has 21 heavy (non-hydrogen) atoms. The zero-order chi connectivity index (χ0) is 14.8. The minimum Gasteiger partial charge on any atom is -0.462 e. The standard InChI is InChI=1S/C18H17NO2/c1-12-7-6-10-14(11-12)15-16(20)17(21-18(15)19-2)13-8-4-3-5-9-13/h3-11,17,19H,1-2H3. The lowest BCUT2D eigenvalue weighted by Gasteiger charge is -2.11. The summed E-state index contributed by atoms with van der Waals surface area (Å²) in [6.45, 7) is 2.01. The van der Waals surface area contributed by atoms with Crippen molar-refractivity contribution in [3.63, 3.8) is 0 Å². The molecule has 1 heterocycles. The van der Waals surface area contributed by atoms with Crippen molar-refractivity contribution in [2.45, 2.75) is 13.0 Å². The molecule has 3 rings (SSSR count). The van der Waals surface area contributed by atoms with Crippen molar-refractivity contribution >= 4 is 11.4 Å². The van der Waals surface area contributed by atoms with E-state index in [9.17, 15) is 4.79 Å². The second kappa shape index (κ2) is 5.44. The highest BCUT2D eigenvalue weighted by Crippen LogP contribution is 2.36. The van der Waals surface area contributed by atoms with E-state index in [4.69, 9.17) is 4.74 Å². The summed E-state index contributed by atoms with van der Waals surface area (Å²) >= 11 is 0. The topological polar surface area (TPSA) is 38.3 Å². The molecule has 1 N–H and O–H groups in total. The predicted molar refractivity (Wildman–Crippen MR) is 82.4 cm³/mol. The third-order valence-electron chi connectivity index (χ3n) is 3.58. The zero-order valence-electron chi connectivity index (χ0n) is 12.1. The van der Waals surface area contributed by atoms with Crippen molar-refractivity contribution in [1.82, 2.24) is 5.32 Å². The van der Waals surface area contributed by atoms with Crippen molar-refractivity contribution in [1.29, 1.82) is 0 Å². The molecule has 2 aromatic rings. The number of benzene rings is 2. The van der Waals surface area contributed by atoms with Crippen LogP contribution in [0.5, 0.6) is 0 Å². The summed E-state index contributed by atoms with van der Waals surface area (Å²) in [5, 5.41) is 3.00. The molecule has 106 valence electrons. The van der Waals surface area contributed by atoms with E-state index in [2.05, 4.69) is 5.32 Å². The molecule has 0 aliphatic carbocycles. The molecule has 0 saturated heterocycles. The van der Waals surface area contributed by atoms with Gasteiger partial charge in [-0.2, -0.15) is 0 Å². The summed E-state index contributed by atoms with van der Waals surface area (Å²) in [6, 6.07) is 17.5. The minimum absolute atomic E-state index is 0.00356. The van der Waals surface area contributed by atoms with Gasteiger partial charge in [0, 0.05) is 12.6 Å². The second-order valence-electron chi connectivity index (χ2n) is 5.10. The Bertz CT molecular complexity index is 704. The highest BCUT2D eigenvalue weighted by Gasteiger charge is 2.36. The average Bonchev–Trinajstić information content (AvgIpc) is 2.85. The van der Waals surface area contributed by atoms with Crippen molar-refractivity contribution < 1.29 is 9.53 Å². The van der Waals surface area contributed by atoms with E-state index in [0.717, 1.165) is 16.7 Å². The van der Waals surface area contributed by atoms with Gasteiger partial charge in [-0.3, -0.25) is 4.79 Å². The van der Waals surface area contributed by atoms with Gasteiger partial charge in [-0.1, -0.05) is 60.2 Å². The van der Waals surface area contributed by atoms with Crippen molar-refractivity contribution in [3.8, 4) is 0 Å². The van der Waals surface area contributed by atoms with Crippen LogP contribution in [0, 0.1) is 6.92 Å². The number of rotatable bonds is 3. The lowest BCUT2D eigenvalue weighted by atomic mass is 9.96. The second-order valence-corrected chi connectivity index (χ2v) is 5.10. The van der Waals surface area contributed by atoms with Crippen LogP contribution in [0.25, 0.3) is 5.57 Å². The van der Waals surface area contributed by atoms with Crippen molar-refractivity contribution in [2.24, 2.45) is 0 Å². The fourth-order valence-electron chi connectivity index (χ4n) is 2.58. The Morgan fingerprint density at radius 1 is 1.05 bits per heavy atom. The SMILES string of the molecule is CNC1=C(c2cccc(C)c2)C(=O)C(c2ccccc2)O1. The number of hydrogen-bond acceptors (Lipinski definition) is 3. The number of carbonyl (C=O) groups excluding carboxylic acids is 1. The van der Waals surface area contributed by atoms with Gasteiger partial charge in [-0.05, 0) is 12.5 Å². The van der Waals surface area contributed by atoms with E-state index < -0.39 is 6.10 Å². The lowest BCUT2D eigenvalue weighted by Crippen LogP contribution is -2.10. The van der Waals surface area contributed by atoms with Crippen LogP contribution >= 0.6 is 0 Å². The third-order valence-corrected chi connectivity index (χ3v) is 3.58. The first-order valence-electron chi connectivity index (χ1n) is 6.95. The Morgan fingerprint density at radius 3 is 2.48 bits per heavy atom. The van der Waals surface area contributed by atoms with E-state index in [1.165, 1.54) is 0 Å². The molecule has 1 aliphatic heterocycles. The molecule has 3 heteroatoms. The predicted octanol–water partition coefficient (Wildman–Crippen LogP) is 3.22. The fourth-order valence-corrected chi connectivity index (χ4v) is 2.58. The Hall–Kier alpha value is -2.55. The first kappa shape index (κ1) is 13.4. The van der Waals surface area contributed by atoms with E-state index in [-0.39, 0.29) is 5.78 Å². The molecule has 3 nitrogen and oxygen atoms in total. The van der Waals surface area contributed by atoms with Gasteiger partial charge in [0.15, 0.2) is 12.0 Å². The number of carbonyl (C=O) groups is 1. The number of ketones is 1. The van der Waals surface area contributed by atoms with Crippen LogP contribution in [0.1, 0.15) is 22.8 Å². The normalized spacial score (nSPS) is 17.8. The van der Waals surface area contributed by atoms with Crippen LogP contribution in [0.4, 0.5) is 0 Å². The van der Waals surface area contributed by atoms with Crippen LogP contribution in [0.3, 0.4) is 0 Å². The molecule has 0 spiro atoms. The van der Waals surface area contributed by atoms with Gasteiger partial charge >= 0.3 is 0 Å². The smallest absolute Gasteiger partial charge is 0.213 e. The number of aryl methyl sites for hydroxylation is 1. The average molecular weight is 279 g/mol. The first-order chi connectivity index (χ1) is 10.2. The van der Waals surface area contributed by atoms with Gasteiger partial charge in [-0.15, -0.1) is 0 Å². The van der Waals surface area contributed by atoms with Gasteiger partial charge < -0.3 is 10.1 Å². The summed E-state index contributed by atoms with van der Waals surface area (Å²) in [5.41, 5.74) is 3.50. The molecular weight excluding hydrogens is 262 g/mol. The summed E-state index contributed by atoms with van der Waals surface area (Å²) in [7, 11) is 1.77. The lowest BCUT2D eigenvalue weighted by molar-refractivity contribution is -0.120. The van der Waals surface area contributed by atoms with Crippen LogP contribution in [-0.4, -0.2) is 12.8 Å². The van der Waals surface area contributed by atoms with Crippen LogP contribution in [-0.2, 0) is 9.53 Å². The van der Waals surface area contributed by atoms with E-state index >= 15 is 0 Å². The molecule has 2 aromatic carbocycles. The minimum atomic E-state index is -0.566. The maximum atomic E-state index is 12.8. The number of Topliss-reactive ketones (excluding diaryl/α,β-unsaturated/α-hetero) is 1. The molecule has 0 bridgehead atoms. The largest absolute Gasteiger partial charge is 0.462 e. The summed E-state index contributed by atoms with van der Waals surface area (Å²) in [5.74, 6) is 0.538. The van der Waals surface area contributed by atoms with Crippen LogP contribution < -0.4 is 5.32 Å². The molecule has 0 fully saturated rings. The monoisotopic (exact) mass is 279 g/mol. The summed E-state index contributed by atoms with van der Waals surface area (Å²) in [6.07, 6.45) is -0.566. The highest BCUT2D eigenvalue weighted by atomic mass is 16.5. The maximum absolute atomic E-state index is 12.8. The van der Waals surface area contributed by atoms with Crippen LogP contribution in [0.2, 0.25) is 0 Å². The van der Waals surface area contributed by atoms with Gasteiger partial charge in [0.1, 0.15) is 0 Å². The van der Waals surface area contributed by atoms with Crippen molar-refractivity contribution in [2.75, 3.05) is 7.05 Å². The Labute approximate surface area is 124 Å². The van der Waals surface area contributed by atoms with Gasteiger partial charge in [-0.25, -0.2) is 0 Å². The maximum Gasteiger partial charge on any atom is 0.213 e. The molecule has 0 aromatic heterocycles. The molecule has 0 amide bonds. The molecule has 1 unspecified atom stereocenters. The molecule has 1 aliphatic rings. The summed E-state index contributed by atoms with van der Waals surface area (Å²) < 4.78 is 5.83. The fraction of sp³-hybridized carbons (Fsp3) is 0.167. The van der Waals surface area contributed by atoms with Gasteiger partial charge in [0.05, 0.1) is 5.57 Å². The third kappa shape index (κ3) is 2.42. The van der Waals surface area contributed by atoms with Crippen molar-refractivity contribution in [3.05, 3.63) is 77.2 Å². The van der Waals surface area contributed by atoms with E-state index in [0.29, 0.717) is 11.5 Å². The molecule has 0 radical (unpaired) electrons. The summed E-state index contributed by atoms with van der Waals surface area (Å²) in [4.78, 5) is 12.8. The Balaban J connectivity index is 2.01. The molecular formula is C18H17NO2. The first-order valence-corrected chi connectivity index (χ1v) is 6.95. The van der Waals surface area contributed by atoms with Gasteiger partial charge in [0.25, 0.3) is 0 Å². The number of nitrogens with one attached hydrogen (secondary N) is 1. The number of ether oxygens (including phenoxy) is 1. The highest BCUT2D eigenvalue weighted by molar-refractivity contribution is 6.25. The zero-order valence-corrected chi connectivity index (χ0v) is 12.1. The Kier molecular flexibility index (Phi) is 3.48. The quantitative estimate of drug-likeness (QED) is 0.937. The van der Waals surface area contributed by atoms with Crippen LogP contribution in [0.15, 0.2) is 60.5 Å². The molecule has 1 atom stereocenters. The number of hydrogen-bond donors (Lipinski definition) is 1. The van der Waals surface area contributed by atoms with E-state index in [1.807, 2.05) is 61.5 Å².